The summed E-state index contributed by atoms with van der Waals surface area (Å²) in [4.78, 5) is 17.8. The monoisotopic (exact) mass is 470 g/mol. The van der Waals surface area contributed by atoms with Gasteiger partial charge in [0.1, 0.15) is 5.82 Å². The highest BCUT2D eigenvalue weighted by Crippen LogP contribution is 2.43. The quantitative estimate of drug-likeness (QED) is 0.576. The molecule has 0 radical (unpaired) electrons. The normalized spacial score (nSPS) is 21.1. The van der Waals surface area contributed by atoms with Gasteiger partial charge in [0.2, 0.25) is 5.91 Å². The summed E-state index contributed by atoms with van der Waals surface area (Å²) in [6.45, 7) is 1.14. The molecule has 1 amide bonds. The van der Waals surface area contributed by atoms with Gasteiger partial charge in [-0.1, -0.05) is 24.3 Å². The van der Waals surface area contributed by atoms with E-state index in [1.807, 2.05) is 4.90 Å². The van der Waals surface area contributed by atoms with Gasteiger partial charge in [0.15, 0.2) is 5.65 Å². The molecule has 0 bridgehead atoms. The third kappa shape index (κ3) is 3.69. The van der Waals surface area contributed by atoms with E-state index in [0.717, 1.165) is 30.2 Å². The molecular weight excluding hydrogens is 445 g/mol. The molecule has 2 aliphatic carbocycles. The van der Waals surface area contributed by atoms with Gasteiger partial charge in [-0.15, -0.1) is 15.3 Å². The van der Waals surface area contributed by atoms with Crippen LogP contribution in [-0.2, 0) is 17.4 Å². The summed E-state index contributed by atoms with van der Waals surface area (Å²) in [5, 5.41) is 11.0. The third-order valence-electron chi connectivity index (χ3n) is 7.30. The summed E-state index contributed by atoms with van der Waals surface area (Å²) in [6, 6.07) is 12.1. The molecule has 3 aromatic rings. The Morgan fingerprint density at radius 3 is 2.47 bits per heavy atom. The summed E-state index contributed by atoms with van der Waals surface area (Å²) in [6.07, 6.45) is 0.795. The predicted octanol–water partition coefficient (Wildman–Crippen LogP) is 4.04. The highest BCUT2D eigenvalue weighted by Gasteiger charge is 2.43. The number of rotatable bonds is 4. The van der Waals surface area contributed by atoms with E-state index in [2.05, 4.69) is 44.5 Å². The fraction of sp³-hybridized carbons (Fsp3) is 0.500. The van der Waals surface area contributed by atoms with Crippen molar-refractivity contribution < 1.29 is 18.0 Å². The lowest BCUT2D eigenvalue weighted by atomic mass is 9.93. The van der Waals surface area contributed by atoms with Crippen molar-refractivity contribution in [3.63, 3.8) is 0 Å². The summed E-state index contributed by atoms with van der Waals surface area (Å²) in [5.74, 6) is -0.543. The van der Waals surface area contributed by atoms with Crippen LogP contribution in [0.2, 0.25) is 0 Å². The van der Waals surface area contributed by atoms with Gasteiger partial charge in [-0.05, 0) is 61.8 Å². The molecule has 178 valence electrons. The number of aryl methyl sites for hydroxylation is 1. The van der Waals surface area contributed by atoms with Gasteiger partial charge in [0.25, 0.3) is 5.82 Å². The van der Waals surface area contributed by atoms with Gasteiger partial charge in [0.05, 0.1) is 6.04 Å². The molecule has 0 spiro atoms. The Hall–Kier alpha value is -3.17. The van der Waals surface area contributed by atoms with Crippen molar-refractivity contribution in [3.05, 3.63) is 53.3 Å². The fourth-order valence-electron chi connectivity index (χ4n) is 5.46. The molecule has 3 aliphatic rings. The number of fused-ring (bicyclic) bond motifs is 2. The molecule has 1 aromatic carbocycles. The maximum absolute atomic E-state index is 13.7. The molecule has 3 heterocycles. The van der Waals surface area contributed by atoms with Gasteiger partial charge >= 0.3 is 6.18 Å². The maximum Gasteiger partial charge on any atom is 0.453 e. The van der Waals surface area contributed by atoms with Crippen LogP contribution in [0.25, 0.3) is 5.65 Å². The molecule has 1 atom stereocenters. The van der Waals surface area contributed by atoms with E-state index >= 15 is 0 Å². The highest BCUT2D eigenvalue weighted by atomic mass is 19.4. The summed E-state index contributed by atoms with van der Waals surface area (Å²) < 4.78 is 40.4. The van der Waals surface area contributed by atoms with Crippen molar-refractivity contribution in [2.45, 2.75) is 56.8 Å². The zero-order chi connectivity index (χ0) is 23.4. The lowest BCUT2D eigenvalue weighted by molar-refractivity contribution is -0.146. The molecule has 0 N–H and O–H groups in total. The van der Waals surface area contributed by atoms with Crippen LogP contribution >= 0.6 is 0 Å². The van der Waals surface area contributed by atoms with E-state index in [1.54, 1.807) is 6.07 Å². The molecule has 1 unspecified atom stereocenters. The molecule has 6 rings (SSSR count). The predicted molar refractivity (Wildman–Crippen MR) is 118 cm³/mol. The fourth-order valence-corrected chi connectivity index (χ4v) is 5.46. The van der Waals surface area contributed by atoms with Crippen LogP contribution in [0.15, 0.2) is 36.4 Å². The largest absolute Gasteiger partial charge is 0.453 e. The standard InChI is InChI=1S/C24H25F3N6O/c25-24(26,27)23-29-28-20-9-10-21(30-33(20)23)31-13-11-16(12-14-31)22(34)32(17-6-7-17)19-8-5-15-3-1-2-4-18(15)19/h1-4,9-10,16-17,19H,5-8,11-14H2. The highest BCUT2D eigenvalue weighted by molar-refractivity contribution is 5.80. The summed E-state index contributed by atoms with van der Waals surface area (Å²) in [7, 11) is 0. The zero-order valence-corrected chi connectivity index (χ0v) is 18.6. The molecule has 34 heavy (non-hydrogen) atoms. The SMILES string of the molecule is O=C(C1CCN(c2ccc3nnc(C(F)(F)F)n3n2)CC1)N(C1CC1)C1CCc2ccccc21. The van der Waals surface area contributed by atoms with Crippen molar-refractivity contribution in [1.82, 2.24) is 24.7 Å². The minimum atomic E-state index is -4.63. The van der Waals surface area contributed by atoms with Crippen molar-refractivity contribution >= 4 is 17.4 Å². The average molecular weight is 470 g/mol. The van der Waals surface area contributed by atoms with Crippen LogP contribution in [-0.4, -0.2) is 49.7 Å². The molecule has 2 aromatic heterocycles. The second-order valence-electron chi connectivity index (χ2n) is 9.47. The van der Waals surface area contributed by atoms with E-state index < -0.39 is 12.0 Å². The number of carbonyl (C=O) groups excluding carboxylic acids is 1. The lowest BCUT2D eigenvalue weighted by Crippen LogP contribution is -2.45. The van der Waals surface area contributed by atoms with Crippen LogP contribution in [0.1, 0.15) is 55.1 Å². The smallest absolute Gasteiger partial charge is 0.355 e. The van der Waals surface area contributed by atoms with Gasteiger partial charge in [-0.25, -0.2) is 0 Å². The molecule has 2 fully saturated rings. The molecule has 10 heteroatoms. The Kier molecular flexibility index (Phi) is 5.00. The topological polar surface area (TPSA) is 66.6 Å². The molecular formula is C24H25F3N6O. The summed E-state index contributed by atoms with van der Waals surface area (Å²) >= 11 is 0. The number of carbonyl (C=O) groups is 1. The van der Waals surface area contributed by atoms with Crippen molar-refractivity contribution in [2.75, 3.05) is 18.0 Å². The second-order valence-corrected chi connectivity index (χ2v) is 9.47. The molecule has 1 saturated heterocycles. The van der Waals surface area contributed by atoms with E-state index in [0.29, 0.717) is 37.8 Å². The second kappa shape index (κ2) is 7.95. The van der Waals surface area contributed by atoms with E-state index in [4.69, 9.17) is 0 Å². The van der Waals surface area contributed by atoms with Crippen molar-refractivity contribution in [2.24, 2.45) is 5.92 Å². The van der Waals surface area contributed by atoms with Gasteiger partial charge < -0.3 is 9.80 Å². The number of aromatic nitrogens is 4. The molecule has 1 aliphatic heterocycles. The Morgan fingerprint density at radius 1 is 0.971 bits per heavy atom. The number of hydrogen-bond donors (Lipinski definition) is 0. The van der Waals surface area contributed by atoms with E-state index in [-0.39, 0.29) is 23.5 Å². The number of benzene rings is 1. The summed E-state index contributed by atoms with van der Waals surface area (Å²) in [5.41, 5.74) is 2.68. The van der Waals surface area contributed by atoms with Gasteiger partial charge in [-0.2, -0.15) is 17.7 Å². The number of hydrogen-bond acceptors (Lipinski definition) is 5. The lowest BCUT2D eigenvalue weighted by Gasteiger charge is -2.37. The Morgan fingerprint density at radius 2 is 1.74 bits per heavy atom. The van der Waals surface area contributed by atoms with Crippen molar-refractivity contribution in [3.8, 4) is 0 Å². The Balaban J connectivity index is 1.17. The Labute approximate surface area is 194 Å². The van der Waals surface area contributed by atoms with Crippen molar-refractivity contribution in [1.29, 1.82) is 0 Å². The van der Waals surface area contributed by atoms with Gasteiger partial charge in [0, 0.05) is 25.0 Å². The maximum atomic E-state index is 13.7. The number of amides is 1. The number of nitrogens with zero attached hydrogens (tertiary/aromatic N) is 6. The van der Waals surface area contributed by atoms with E-state index in [9.17, 15) is 18.0 Å². The number of halogens is 3. The minimum absolute atomic E-state index is 0.0538. The molecule has 7 nitrogen and oxygen atoms in total. The Bertz CT molecular complexity index is 1230. The van der Waals surface area contributed by atoms with Crippen LogP contribution in [0.3, 0.4) is 0 Å². The van der Waals surface area contributed by atoms with E-state index in [1.165, 1.54) is 17.2 Å². The number of piperidine rings is 1. The van der Waals surface area contributed by atoms with Crippen LogP contribution < -0.4 is 4.90 Å². The number of anilines is 1. The first-order valence-corrected chi connectivity index (χ1v) is 11.8. The first kappa shape index (κ1) is 21.4. The first-order chi connectivity index (χ1) is 16.4. The average Bonchev–Trinajstić information content (AvgIpc) is 3.42. The first-order valence-electron chi connectivity index (χ1n) is 11.8. The third-order valence-corrected chi connectivity index (χ3v) is 7.30. The van der Waals surface area contributed by atoms with Crippen LogP contribution in [0, 0.1) is 5.92 Å². The molecule has 1 saturated carbocycles. The minimum Gasteiger partial charge on any atom is -0.355 e. The van der Waals surface area contributed by atoms with Gasteiger partial charge in [-0.3, -0.25) is 4.79 Å². The zero-order valence-electron chi connectivity index (χ0n) is 18.6. The van der Waals surface area contributed by atoms with Crippen LogP contribution in [0.5, 0.6) is 0 Å². The number of alkyl halides is 3. The van der Waals surface area contributed by atoms with Crippen LogP contribution in [0.4, 0.5) is 19.0 Å².